The van der Waals surface area contributed by atoms with E-state index in [-0.39, 0.29) is 12.0 Å². The van der Waals surface area contributed by atoms with Crippen molar-refractivity contribution in [3.05, 3.63) is 81.1 Å². The van der Waals surface area contributed by atoms with E-state index in [1.165, 1.54) is 6.07 Å². The zero-order chi connectivity index (χ0) is 21.8. The van der Waals surface area contributed by atoms with Crippen LogP contribution >= 0.6 is 11.6 Å². The second-order valence-electron chi connectivity index (χ2n) is 7.87. The zero-order valence-electron chi connectivity index (χ0n) is 16.9. The lowest BCUT2D eigenvalue weighted by molar-refractivity contribution is -0.148. The number of pyridine rings is 1. The summed E-state index contributed by atoms with van der Waals surface area (Å²) in [6.45, 7) is 0.349. The number of H-pyrrole nitrogens is 1. The number of aromatic amines is 1. The normalized spacial score (nSPS) is 14.6. The Bertz CT molecular complexity index is 1150. The van der Waals surface area contributed by atoms with Gasteiger partial charge in [-0.15, -0.1) is 0 Å². The summed E-state index contributed by atoms with van der Waals surface area (Å²) in [5.41, 5.74) is 1.47. The first-order valence-corrected chi connectivity index (χ1v) is 10.7. The molecular formula is C24H23ClN2O4. The number of halogens is 1. The summed E-state index contributed by atoms with van der Waals surface area (Å²) in [5.74, 6) is -0.521. The molecule has 31 heavy (non-hydrogen) atoms. The Morgan fingerprint density at radius 3 is 2.58 bits per heavy atom. The van der Waals surface area contributed by atoms with Crippen LogP contribution in [-0.4, -0.2) is 29.5 Å². The Morgan fingerprint density at radius 1 is 1.13 bits per heavy atom. The second-order valence-corrected chi connectivity index (χ2v) is 8.30. The molecule has 4 rings (SSSR count). The number of hydrogen-bond acceptors (Lipinski definition) is 4. The molecule has 0 bridgehead atoms. The monoisotopic (exact) mass is 438 g/mol. The third kappa shape index (κ3) is 5.14. The SMILES string of the molecule is O=C(NC(Cc1cc(=O)[nH]c2ccccc12)C(=O)OCC1CCC1)c1ccc(Cl)cc1. The minimum Gasteiger partial charge on any atom is -0.464 e. The van der Waals surface area contributed by atoms with E-state index in [0.29, 0.717) is 34.2 Å². The minimum absolute atomic E-state index is 0.146. The van der Waals surface area contributed by atoms with E-state index in [0.717, 1.165) is 24.6 Å². The van der Waals surface area contributed by atoms with E-state index in [1.54, 1.807) is 30.3 Å². The Morgan fingerprint density at radius 2 is 1.87 bits per heavy atom. The van der Waals surface area contributed by atoms with Gasteiger partial charge in [-0.1, -0.05) is 36.2 Å². The summed E-state index contributed by atoms with van der Waals surface area (Å²) >= 11 is 5.90. The maximum Gasteiger partial charge on any atom is 0.329 e. The molecule has 0 aliphatic heterocycles. The summed E-state index contributed by atoms with van der Waals surface area (Å²) in [6.07, 6.45) is 3.40. The molecule has 1 fully saturated rings. The molecular weight excluding hydrogens is 416 g/mol. The zero-order valence-corrected chi connectivity index (χ0v) is 17.7. The number of carbonyl (C=O) groups excluding carboxylic acids is 2. The molecule has 3 aromatic rings. The van der Waals surface area contributed by atoms with Crippen molar-refractivity contribution in [1.82, 2.24) is 10.3 Å². The van der Waals surface area contributed by atoms with Gasteiger partial charge in [-0.05, 0) is 54.7 Å². The van der Waals surface area contributed by atoms with Gasteiger partial charge in [-0.3, -0.25) is 9.59 Å². The average Bonchev–Trinajstić information content (AvgIpc) is 2.72. The number of carbonyl (C=O) groups is 2. The van der Waals surface area contributed by atoms with Gasteiger partial charge in [0.1, 0.15) is 6.04 Å². The van der Waals surface area contributed by atoms with Crippen molar-refractivity contribution >= 4 is 34.4 Å². The number of esters is 1. The van der Waals surface area contributed by atoms with Crippen LogP contribution in [0.3, 0.4) is 0 Å². The molecule has 2 aromatic carbocycles. The van der Waals surface area contributed by atoms with Gasteiger partial charge in [0, 0.05) is 34.0 Å². The van der Waals surface area contributed by atoms with Crippen LogP contribution in [0.25, 0.3) is 10.9 Å². The van der Waals surface area contributed by atoms with Crippen LogP contribution in [0, 0.1) is 5.92 Å². The van der Waals surface area contributed by atoms with Gasteiger partial charge in [0.25, 0.3) is 5.91 Å². The van der Waals surface area contributed by atoms with Crippen LogP contribution < -0.4 is 10.9 Å². The molecule has 1 atom stereocenters. The molecule has 1 aromatic heterocycles. The summed E-state index contributed by atoms with van der Waals surface area (Å²) < 4.78 is 5.52. The van der Waals surface area contributed by atoms with Gasteiger partial charge in [-0.2, -0.15) is 0 Å². The number of nitrogens with one attached hydrogen (secondary N) is 2. The first-order chi connectivity index (χ1) is 15.0. The van der Waals surface area contributed by atoms with Gasteiger partial charge in [0.2, 0.25) is 5.56 Å². The fraction of sp³-hybridized carbons (Fsp3) is 0.292. The van der Waals surface area contributed by atoms with Crippen LogP contribution in [0.15, 0.2) is 59.4 Å². The molecule has 2 N–H and O–H groups in total. The summed E-state index contributed by atoms with van der Waals surface area (Å²) in [6, 6.07) is 14.3. The predicted molar refractivity (Wildman–Crippen MR) is 119 cm³/mol. The van der Waals surface area contributed by atoms with Gasteiger partial charge in [0.15, 0.2) is 0 Å². The topological polar surface area (TPSA) is 88.3 Å². The third-order valence-electron chi connectivity index (χ3n) is 5.64. The van der Waals surface area contributed by atoms with Crippen molar-refractivity contribution in [2.75, 3.05) is 6.61 Å². The van der Waals surface area contributed by atoms with E-state index in [9.17, 15) is 14.4 Å². The van der Waals surface area contributed by atoms with Gasteiger partial charge in [0.05, 0.1) is 6.61 Å². The minimum atomic E-state index is -0.923. The van der Waals surface area contributed by atoms with E-state index < -0.39 is 17.9 Å². The molecule has 1 heterocycles. The number of hydrogen-bond donors (Lipinski definition) is 2. The van der Waals surface area contributed by atoms with Crippen LogP contribution in [0.1, 0.15) is 35.2 Å². The van der Waals surface area contributed by atoms with Crippen LogP contribution in [-0.2, 0) is 16.0 Å². The lowest BCUT2D eigenvalue weighted by atomic mass is 9.86. The van der Waals surface area contributed by atoms with E-state index in [2.05, 4.69) is 10.3 Å². The quantitative estimate of drug-likeness (QED) is 0.548. The molecule has 1 saturated carbocycles. The maximum absolute atomic E-state index is 12.9. The summed E-state index contributed by atoms with van der Waals surface area (Å²) in [5, 5.41) is 4.11. The highest BCUT2D eigenvalue weighted by atomic mass is 35.5. The number of aromatic nitrogens is 1. The molecule has 0 spiro atoms. The molecule has 0 saturated heterocycles. The predicted octanol–water partition coefficient (Wildman–Crippen LogP) is 3.87. The average molecular weight is 439 g/mol. The van der Waals surface area contributed by atoms with Crippen LogP contribution in [0.5, 0.6) is 0 Å². The van der Waals surface area contributed by atoms with E-state index in [1.807, 2.05) is 18.2 Å². The Balaban J connectivity index is 1.58. The molecule has 0 radical (unpaired) electrons. The number of para-hydroxylation sites is 1. The number of fused-ring (bicyclic) bond motifs is 1. The van der Waals surface area contributed by atoms with Gasteiger partial charge >= 0.3 is 5.97 Å². The lowest BCUT2D eigenvalue weighted by Crippen LogP contribution is -2.44. The molecule has 1 aliphatic rings. The van der Waals surface area contributed by atoms with Crippen molar-refractivity contribution in [2.24, 2.45) is 5.92 Å². The second kappa shape index (κ2) is 9.35. The van der Waals surface area contributed by atoms with E-state index >= 15 is 0 Å². The number of ether oxygens (including phenoxy) is 1. The smallest absolute Gasteiger partial charge is 0.329 e. The van der Waals surface area contributed by atoms with Crippen LogP contribution in [0.4, 0.5) is 0 Å². The molecule has 160 valence electrons. The van der Waals surface area contributed by atoms with Gasteiger partial charge < -0.3 is 15.0 Å². The van der Waals surface area contributed by atoms with Crippen molar-refractivity contribution in [3.8, 4) is 0 Å². The first kappa shape index (κ1) is 21.1. The molecule has 6 nitrogen and oxygen atoms in total. The van der Waals surface area contributed by atoms with Gasteiger partial charge in [-0.25, -0.2) is 4.79 Å². The highest BCUT2D eigenvalue weighted by Gasteiger charge is 2.27. The lowest BCUT2D eigenvalue weighted by Gasteiger charge is -2.26. The number of amides is 1. The Hall–Kier alpha value is -3.12. The van der Waals surface area contributed by atoms with E-state index in [4.69, 9.17) is 16.3 Å². The van der Waals surface area contributed by atoms with Crippen molar-refractivity contribution in [1.29, 1.82) is 0 Å². The number of benzene rings is 2. The fourth-order valence-electron chi connectivity index (χ4n) is 3.66. The standard InChI is InChI=1S/C24H23ClN2O4/c25-18-10-8-16(9-11-18)23(29)27-21(24(30)31-14-15-4-3-5-15)12-17-13-22(28)26-20-7-2-1-6-19(17)20/h1-2,6-11,13,15,21H,3-5,12,14H2,(H,26,28)(H,27,29). The molecule has 1 unspecified atom stereocenters. The van der Waals surface area contributed by atoms with Crippen LogP contribution in [0.2, 0.25) is 5.02 Å². The third-order valence-corrected chi connectivity index (χ3v) is 5.89. The number of rotatable bonds is 7. The first-order valence-electron chi connectivity index (χ1n) is 10.3. The largest absolute Gasteiger partial charge is 0.464 e. The molecule has 1 amide bonds. The summed E-state index contributed by atoms with van der Waals surface area (Å²) in [4.78, 5) is 40.6. The highest BCUT2D eigenvalue weighted by molar-refractivity contribution is 6.30. The van der Waals surface area contributed by atoms with Crippen molar-refractivity contribution < 1.29 is 14.3 Å². The Kier molecular flexibility index (Phi) is 6.37. The Labute approximate surface area is 184 Å². The fourth-order valence-corrected chi connectivity index (χ4v) is 3.79. The summed E-state index contributed by atoms with van der Waals surface area (Å²) in [7, 11) is 0. The molecule has 1 aliphatic carbocycles. The molecule has 7 heteroatoms. The highest BCUT2D eigenvalue weighted by Crippen LogP contribution is 2.26. The van der Waals surface area contributed by atoms with Crippen molar-refractivity contribution in [3.63, 3.8) is 0 Å². The maximum atomic E-state index is 12.9. The van der Waals surface area contributed by atoms with Crippen molar-refractivity contribution in [2.45, 2.75) is 31.7 Å².